The Morgan fingerprint density at radius 1 is 1.27 bits per heavy atom. The number of pyridine rings is 1. The van der Waals surface area contributed by atoms with Crippen molar-refractivity contribution in [2.75, 3.05) is 0 Å². The van der Waals surface area contributed by atoms with Gasteiger partial charge in [0.05, 0.1) is 11.4 Å². The molecule has 3 nitrogen and oxygen atoms in total. The van der Waals surface area contributed by atoms with Crippen molar-refractivity contribution in [1.82, 2.24) is 4.98 Å². The fourth-order valence-corrected chi connectivity index (χ4v) is 0.968. The summed E-state index contributed by atoms with van der Waals surface area (Å²) in [6, 6.07) is 5.77. The van der Waals surface area contributed by atoms with Gasteiger partial charge >= 0.3 is 0 Å². The molecule has 2 heterocycles. The van der Waals surface area contributed by atoms with Gasteiger partial charge in [0.25, 0.3) is 0 Å². The van der Waals surface area contributed by atoms with Crippen LogP contribution in [-0.4, -0.2) is 16.9 Å². The van der Waals surface area contributed by atoms with E-state index in [0.717, 1.165) is 17.8 Å². The lowest BCUT2D eigenvalue weighted by Crippen LogP contribution is -1.99. The predicted octanol–water partition coefficient (Wildman–Crippen LogP) is 1.26. The fraction of sp³-hybridized carbons (Fsp3) is 0.125. The van der Waals surface area contributed by atoms with Crippen molar-refractivity contribution in [2.45, 2.75) is 6.42 Å². The molecule has 0 saturated heterocycles. The molecular formula is C8H7N3. The Morgan fingerprint density at radius 3 is 2.91 bits per heavy atom. The Balaban J connectivity index is 2.31. The molecule has 0 spiro atoms. The number of hydrogen-bond acceptors (Lipinski definition) is 3. The summed E-state index contributed by atoms with van der Waals surface area (Å²) in [6.07, 6.45) is 4.34. The summed E-state index contributed by atoms with van der Waals surface area (Å²) in [5.41, 5.74) is 1.87. The van der Waals surface area contributed by atoms with Gasteiger partial charge in [-0.2, -0.15) is 10.2 Å². The van der Waals surface area contributed by atoms with E-state index in [1.165, 1.54) is 0 Å². The average Bonchev–Trinajstić information content (AvgIpc) is 2.58. The first-order valence-electron chi connectivity index (χ1n) is 3.46. The highest BCUT2D eigenvalue weighted by Gasteiger charge is 2.05. The first-order valence-corrected chi connectivity index (χ1v) is 3.46. The molecule has 0 aromatic carbocycles. The van der Waals surface area contributed by atoms with E-state index in [1.807, 2.05) is 18.2 Å². The summed E-state index contributed by atoms with van der Waals surface area (Å²) in [5, 5.41) is 7.69. The van der Waals surface area contributed by atoms with E-state index < -0.39 is 0 Å². The zero-order chi connectivity index (χ0) is 7.52. The summed E-state index contributed by atoms with van der Waals surface area (Å²) < 4.78 is 0. The Kier molecular flexibility index (Phi) is 1.48. The minimum atomic E-state index is 0.803. The second-order valence-electron chi connectivity index (χ2n) is 2.26. The van der Waals surface area contributed by atoms with E-state index in [-0.39, 0.29) is 0 Å². The van der Waals surface area contributed by atoms with Crippen molar-refractivity contribution in [2.24, 2.45) is 10.2 Å². The molecule has 0 saturated carbocycles. The van der Waals surface area contributed by atoms with Crippen molar-refractivity contribution in [3.63, 3.8) is 0 Å². The molecule has 0 fully saturated rings. The summed E-state index contributed by atoms with van der Waals surface area (Å²) in [5.74, 6) is 0. The molecule has 0 bridgehead atoms. The highest BCUT2D eigenvalue weighted by atomic mass is 15.2. The summed E-state index contributed by atoms with van der Waals surface area (Å²) in [7, 11) is 0. The van der Waals surface area contributed by atoms with Crippen LogP contribution in [0.5, 0.6) is 0 Å². The van der Waals surface area contributed by atoms with Gasteiger partial charge in [0.15, 0.2) is 0 Å². The Morgan fingerprint density at radius 2 is 2.27 bits per heavy atom. The number of nitrogens with zero attached hydrogens (tertiary/aromatic N) is 3. The topological polar surface area (TPSA) is 37.6 Å². The van der Waals surface area contributed by atoms with E-state index in [4.69, 9.17) is 0 Å². The van der Waals surface area contributed by atoms with Crippen LogP contribution >= 0.6 is 0 Å². The second kappa shape index (κ2) is 2.62. The minimum absolute atomic E-state index is 0.803. The maximum Gasteiger partial charge on any atom is 0.0940 e. The third-order valence-electron chi connectivity index (χ3n) is 1.51. The smallest absolute Gasteiger partial charge is 0.0940 e. The van der Waals surface area contributed by atoms with Gasteiger partial charge in [-0.15, -0.1) is 0 Å². The molecule has 1 aliphatic heterocycles. The number of hydrogen-bond donors (Lipinski definition) is 0. The van der Waals surface area contributed by atoms with Crippen LogP contribution in [-0.2, 0) is 0 Å². The van der Waals surface area contributed by atoms with Crippen LogP contribution in [0.15, 0.2) is 34.6 Å². The van der Waals surface area contributed by atoms with Crippen LogP contribution in [0.2, 0.25) is 0 Å². The van der Waals surface area contributed by atoms with Crippen molar-refractivity contribution >= 4 is 11.9 Å². The van der Waals surface area contributed by atoms with Crippen LogP contribution in [0, 0.1) is 0 Å². The van der Waals surface area contributed by atoms with E-state index >= 15 is 0 Å². The SMILES string of the molecule is C1=NN=C(c2ccccn2)C1. The molecule has 0 atom stereocenters. The van der Waals surface area contributed by atoms with Gasteiger partial charge in [-0.25, -0.2) is 0 Å². The summed E-state index contributed by atoms with van der Waals surface area (Å²) in [6.45, 7) is 0. The number of rotatable bonds is 1. The Labute approximate surface area is 64.5 Å². The maximum absolute atomic E-state index is 4.15. The van der Waals surface area contributed by atoms with Crippen molar-refractivity contribution in [3.8, 4) is 0 Å². The maximum atomic E-state index is 4.15. The molecule has 0 unspecified atom stereocenters. The number of aromatic nitrogens is 1. The van der Waals surface area contributed by atoms with Crippen molar-refractivity contribution in [3.05, 3.63) is 30.1 Å². The van der Waals surface area contributed by atoms with Crippen LogP contribution < -0.4 is 0 Å². The first kappa shape index (κ1) is 6.22. The summed E-state index contributed by atoms with van der Waals surface area (Å²) >= 11 is 0. The zero-order valence-electron chi connectivity index (χ0n) is 5.94. The molecule has 3 heteroatoms. The zero-order valence-corrected chi connectivity index (χ0v) is 5.94. The van der Waals surface area contributed by atoms with Crippen LogP contribution in [0.1, 0.15) is 12.1 Å². The second-order valence-corrected chi connectivity index (χ2v) is 2.26. The normalized spacial score (nSPS) is 15.1. The molecular weight excluding hydrogens is 138 g/mol. The van der Waals surface area contributed by atoms with Gasteiger partial charge in [0.2, 0.25) is 0 Å². The molecule has 1 aromatic rings. The quantitative estimate of drug-likeness (QED) is 0.586. The molecule has 54 valence electrons. The van der Waals surface area contributed by atoms with E-state index in [2.05, 4.69) is 15.2 Å². The lowest BCUT2D eigenvalue weighted by atomic mass is 10.2. The van der Waals surface area contributed by atoms with E-state index in [1.54, 1.807) is 12.4 Å². The third kappa shape index (κ3) is 1.17. The van der Waals surface area contributed by atoms with Gasteiger partial charge in [-0.3, -0.25) is 4.98 Å². The highest BCUT2D eigenvalue weighted by molar-refractivity contribution is 6.08. The summed E-state index contributed by atoms with van der Waals surface area (Å²) in [4.78, 5) is 4.15. The van der Waals surface area contributed by atoms with Gasteiger partial charge in [0, 0.05) is 18.8 Å². The molecule has 1 aliphatic rings. The molecule has 0 aliphatic carbocycles. The molecule has 2 rings (SSSR count). The molecule has 0 N–H and O–H groups in total. The molecule has 1 aromatic heterocycles. The van der Waals surface area contributed by atoms with Crippen LogP contribution in [0.3, 0.4) is 0 Å². The van der Waals surface area contributed by atoms with Gasteiger partial charge in [-0.05, 0) is 12.1 Å². The van der Waals surface area contributed by atoms with Crippen LogP contribution in [0.25, 0.3) is 0 Å². The first-order chi connectivity index (χ1) is 5.47. The standard InChI is InChI=1S/C8H7N3/c1-2-5-9-7(3-1)8-4-6-10-11-8/h1-3,5-6H,4H2. The van der Waals surface area contributed by atoms with E-state index in [9.17, 15) is 0 Å². The molecule has 0 radical (unpaired) electrons. The van der Waals surface area contributed by atoms with Crippen molar-refractivity contribution in [1.29, 1.82) is 0 Å². The van der Waals surface area contributed by atoms with Gasteiger partial charge in [-0.1, -0.05) is 6.07 Å². The third-order valence-corrected chi connectivity index (χ3v) is 1.51. The van der Waals surface area contributed by atoms with Crippen molar-refractivity contribution < 1.29 is 0 Å². The highest BCUT2D eigenvalue weighted by Crippen LogP contribution is 2.03. The monoisotopic (exact) mass is 145 g/mol. The molecule has 0 amide bonds. The Hall–Kier alpha value is -1.51. The molecule has 11 heavy (non-hydrogen) atoms. The van der Waals surface area contributed by atoms with Crippen LogP contribution in [0.4, 0.5) is 0 Å². The lowest BCUT2D eigenvalue weighted by Gasteiger charge is -1.94. The van der Waals surface area contributed by atoms with Gasteiger partial charge in [0.1, 0.15) is 0 Å². The lowest BCUT2D eigenvalue weighted by molar-refractivity contribution is 1.23. The Bertz CT molecular complexity index is 300. The fourth-order valence-electron chi connectivity index (χ4n) is 0.968. The predicted molar refractivity (Wildman–Crippen MR) is 43.9 cm³/mol. The van der Waals surface area contributed by atoms with Gasteiger partial charge < -0.3 is 0 Å². The largest absolute Gasteiger partial charge is 0.255 e. The average molecular weight is 145 g/mol. The van der Waals surface area contributed by atoms with E-state index in [0.29, 0.717) is 0 Å². The minimum Gasteiger partial charge on any atom is -0.255 e.